The molecule has 5 heteroatoms. The molecule has 0 spiro atoms. The lowest BCUT2D eigenvalue weighted by atomic mass is 10.0. The first-order chi connectivity index (χ1) is 13.2. The summed E-state index contributed by atoms with van der Waals surface area (Å²) in [5, 5.41) is 4.59. The van der Waals surface area contributed by atoms with Gasteiger partial charge in [-0.15, -0.1) is 0 Å². The maximum Gasteiger partial charge on any atom is 0.228 e. The Morgan fingerprint density at radius 1 is 1.15 bits per heavy atom. The van der Waals surface area contributed by atoms with Gasteiger partial charge in [-0.25, -0.2) is 4.68 Å². The Labute approximate surface area is 158 Å². The van der Waals surface area contributed by atoms with Crippen molar-refractivity contribution < 1.29 is 14.3 Å². The molecule has 0 bridgehead atoms. The molecule has 2 heterocycles. The number of aromatic nitrogens is 2. The Bertz CT molecular complexity index is 915. The van der Waals surface area contributed by atoms with E-state index in [9.17, 15) is 4.79 Å². The molecular formula is C22H22N2O3. The number of hydrogen-bond acceptors (Lipinski definition) is 4. The number of epoxide rings is 1. The number of benzene rings is 2. The van der Waals surface area contributed by atoms with Crippen LogP contribution < -0.4 is 4.74 Å². The molecule has 1 saturated heterocycles. The lowest BCUT2D eigenvalue weighted by molar-refractivity contribution is 0.0977. The molecular weight excluding hydrogens is 340 g/mol. The number of Topliss-reactive ketones (excluding diaryl/α,β-unsaturated/α-hetero) is 1. The van der Waals surface area contributed by atoms with E-state index in [1.165, 1.54) is 0 Å². The summed E-state index contributed by atoms with van der Waals surface area (Å²) in [5.74, 6) is 0.553. The molecule has 27 heavy (non-hydrogen) atoms. The molecule has 0 saturated carbocycles. The first-order valence-electron chi connectivity index (χ1n) is 9.19. The highest BCUT2D eigenvalue weighted by atomic mass is 16.6. The van der Waals surface area contributed by atoms with Crippen LogP contribution >= 0.6 is 0 Å². The fraction of sp³-hybridized carbons (Fsp3) is 0.273. The van der Waals surface area contributed by atoms with Crippen molar-refractivity contribution in [2.75, 3.05) is 13.2 Å². The largest absolute Gasteiger partial charge is 0.474 e. The highest BCUT2D eigenvalue weighted by Gasteiger charge is 2.28. The van der Waals surface area contributed by atoms with Crippen molar-refractivity contribution in [3.8, 4) is 11.6 Å². The molecule has 0 radical (unpaired) electrons. The Kier molecular flexibility index (Phi) is 5.03. The van der Waals surface area contributed by atoms with Crippen LogP contribution in [0.5, 0.6) is 5.88 Å². The topological polar surface area (TPSA) is 56.6 Å². The summed E-state index contributed by atoms with van der Waals surface area (Å²) in [6, 6.07) is 19.8. The summed E-state index contributed by atoms with van der Waals surface area (Å²) in [7, 11) is 0. The second kappa shape index (κ2) is 7.76. The van der Waals surface area contributed by atoms with Crippen LogP contribution in [0.25, 0.3) is 5.69 Å². The fourth-order valence-electron chi connectivity index (χ4n) is 3.07. The average molecular weight is 362 g/mol. The number of carbonyl (C=O) groups excluding carboxylic acids is 1. The number of carbonyl (C=O) groups is 1. The normalized spacial score (nSPS) is 15.5. The van der Waals surface area contributed by atoms with Gasteiger partial charge >= 0.3 is 0 Å². The maximum absolute atomic E-state index is 13.0. The Hall–Kier alpha value is -2.92. The lowest BCUT2D eigenvalue weighted by Gasteiger charge is -2.10. The number of rotatable bonds is 8. The van der Waals surface area contributed by atoms with Gasteiger partial charge in [0.1, 0.15) is 18.3 Å². The highest BCUT2D eigenvalue weighted by molar-refractivity contribution is 5.99. The number of ketones is 1. The summed E-state index contributed by atoms with van der Waals surface area (Å²) in [6.45, 7) is 2.99. The van der Waals surface area contributed by atoms with Crippen LogP contribution in [0.1, 0.15) is 28.0 Å². The number of aryl methyl sites for hydroxylation is 2. The molecule has 3 aromatic rings. The molecule has 1 aromatic heterocycles. The second-order valence-corrected chi connectivity index (χ2v) is 6.69. The first-order valence-corrected chi connectivity index (χ1v) is 9.19. The summed E-state index contributed by atoms with van der Waals surface area (Å²) < 4.78 is 13.0. The number of hydrogen-bond donors (Lipinski definition) is 0. The SMILES string of the molecule is Cc1nn(-c2ccccc2)c(OCC2CO2)c1C(=O)CCc1ccccc1. The number of para-hydroxylation sites is 1. The molecule has 1 atom stereocenters. The van der Waals surface area contributed by atoms with E-state index >= 15 is 0 Å². The van der Waals surface area contributed by atoms with Gasteiger partial charge < -0.3 is 9.47 Å². The smallest absolute Gasteiger partial charge is 0.228 e. The quantitative estimate of drug-likeness (QED) is 0.452. The second-order valence-electron chi connectivity index (χ2n) is 6.69. The minimum atomic E-state index is 0.0465. The first kappa shape index (κ1) is 17.5. The summed E-state index contributed by atoms with van der Waals surface area (Å²) in [4.78, 5) is 13.0. The van der Waals surface area contributed by atoms with Crippen molar-refractivity contribution in [2.45, 2.75) is 25.9 Å². The van der Waals surface area contributed by atoms with Crippen LogP contribution in [-0.4, -0.2) is 34.9 Å². The minimum Gasteiger partial charge on any atom is -0.474 e. The van der Waals surface area contributed by atoms with Crippen LogP contribution in [0.15, 0.2) is 60.7 Å². The molecule has 2 aromatic carbocycles. The van der Waals surface area contributed by atoms with Gasteiger partial charge in [0, 0.05) is 6.42 Å². The predicted molar refractivity (Wildman–Crippen MR) is 103 cm³/mol. The van der Waals surface area contributed by atoms with Crippen LogP contribution in [-0.2, 0) is 11.2 Å². The maximum atomic E-state index is 13.0. The van der Waals surface area contributed by atoms with E-state index in [1.54, 1.807) is 4.68 Å². The van der Waals surface area contributed by atoms with E-state index in [0.717, 1.165) is 11.3 Å². The zero-order valence-electron chi connectivity index (χ0n) is 15.3. The number of nitrogens with zero attached hydrogens (tertiary/aromatic N) is 2. The van der Waals surface area contributed by atoms with E-state index in [0.29, 0.717) is 43.2 Å². The molecule has 138 valence electrons. The van der Waals surface area contributed by atoms with E-state index < -0.39 is 0 Å². The zero-order chi connectivity index (χ0) is 18.6. The van der Waals surface area contributed by atoms with Crippen molar-refractivity contribution in [3.63, 3.8) is 0 Å². The third-order valence-electron chi connectivity index (χ3n) is 4.59. The van der Waals surface area contributed by atoms with E-state index in [1.807, 2.05) is 67.6 Å². The van der Waals surface area contributed by atoms with Gasteiger partial charge in [-0.1, -0.05) is 48.5 Å². The van der Waals surface area contributed by atoms with Crippen molar-refractivity contribution in [2.24, 2.45) is 0 Å². The molecule has 0 amide bonds. The summed E-state index contributed by atoms with van der Waals surface area (Å²) in [6.07, 6.45) is 1.22. The van der Waals surface area contributed by atoms with Crippen molar-refractivity contribution in [1.29, 1.82) is 0 Å². The molecule has 1 unspecified atom stereocenters. The summed E-state index contributed by atoms with van der Waals surface area (Å²) >= 11 is 0. The molecule has 1 aliphatic rings. The van der Waals surface area contributed by atoms with Gasteiger partial charge in [-0.3, -0.25) is 4.79 Å². The third-order valence-corrected chi connectivity index (χ3v) is 4.59. The van der Waals surface area contributed by atoms with Gasteiger partial charge in [-0.2, -0.15) is 5.10 Å². The van der Waals surface area contributed by atoms with Crippen molar-refractivity contribution >= 4 is 5.78 Å². The van der Waals surface area contributed by atoms with Gasteiger partial charge in [0.25, 0.3) is 0 Å². The fourth-order valence-corrected chi connectivity index (χ4v) is 3.07. The highest BCUT2D eigenvalue weighted by Crippen LogP contribution is 2.28. The van der Waals surface area contributed by atoms with Gasteiger partial charge in [0.05, 0.1) is 18.0 Å². The summed E-state index contributed by atoms with van der Waals surface area (Å²) in [5.41, 5.74) is 3.27. The monoisotopic (exact) mass is 362 g/mol. The predicted octanol–water partition coefficient (Wildman–Crippen LogP) is 3.77. The molecule has 0 N–H and O–H groups in total. The Morgan fingerprint density at radius 2 is 1.81 bits per heavy atom. The standard InChI is InChI=1S/C22H22N2O3/c1-16-21(20(25)13-12-17-8-4-2-5-9-17)22(27-15-19-14-26-19)24(23-16)18-10-6-3-7-11-18/h2-11,19H,12-15H2,1H3. The van der Waals surface area contributed by atoms with Crippen molar-refractivity contribution in [3.05, 3.63) is 77.5 Å². The molecule has 4 rings (SSSR count). The van der Waals surface area contributed by atoms with Crippen molar-refractivity contribution in [1.82, 2.24) is 9.78 Å². The minimum absolute atomic E-state index is 0.0465. The van der Waals surface area contributed by atoms with Crippen LogP contribution in [0, 0.1) is 6.92 Å². The van der Waals surface area contributed by atoms with Crippen LogP contribution in [0.4, 0.5) is 0 Å². The Morgan fingerprint density at radius 3 is 2.48 bits per heavy atom. The van der Waals surface area contributed by atoms with Gasteiger partial charge in [0.15, 0.2) is 5.78 Å². The number of ether oxygens (including phenoxy) is 2. The average Bonchev–Trinajstić information content (AvgIpc) is 3.48. The van der Waals surface area contributed by atoms with E-state index in [4.69, 9.17) is 9.47 Å². The molecule has 0 aliphatic carbocycles. The molecule has 5 nitrogen and oxygen atoms in total. The van der Waals surface area contributed by atoms with Gasteiger partial charge in [0.2, 0.25) is 5.88 Å². The Balaban J connectivity index is 1.61. The van der Waals surface area contributed by atoms with E-state index in [2.05, 4.69) is 5.10 Å². The van der Waals surface area contributed by atoms with Crippen LogP contribution in [0.3, 0.4) is 0 Å². The lowest BCUT2D eigenvalue weighted by Crippen LogP contribution is -2.12. The zero-order valence-corrected chi connectivity index (χ0v) is 15.3. The third kappa shape index (κ3) is 4.09. The molecule has 1 aliphatic heterocycles. The van der Waals surface area contributed by atoms with Crippen LogP contribution in [0.2, 0.25) is 0 Å². The molecule has 1 fully saturated rings. The van der Waals surface area contributed by atoms with Gasteiger partial charge in [-0.05, 0) is 31.0 Å². The van der Waals surface area contributed by atoms with E-state index in [-0.39, 0.29) is 11.9 Å².